The highest BCUT2D eigenvalue weighted by molar-refractivity contribution is 9.10. The lowest BCUT2D eigenvalue weighted by Gasteiger charge is -2.12. The number of halogens is 2. The monoisotopic (exact) mass is 390 g/mol. The molecule has 0 spiro atoms. The Labute approximate surface area is 148 Å². The summed E-state index contributed by atoms with van der Waals surface area (Å²) < 4.78 is 2.66. The lowest BCUT2D eigenvalue weighted by atomic mass is 10.00. The molecule has 1 heterocycles. The van der Waals surface area contributed by atoms with Crippen LogP contribution in [0.15, 0.2) is 53.0 Å². The van der Waals surface area contributed by atoms with E-state index in [4.69, 9.17) is 11.6 Å². The molecule has 0 aliphatic heterocycles. The Kier molecular flexibility index (Phi) is 4.57. The van der Waals surface area contributed by atoms with Crippen LogP contribution in [0.5, 0.6) is 0 Å². The number of aliphatic hydroxyl groups excluding tert-OH is 1. The largest absolute Gasteiger partial charge is 0.384 e. The minimum Gasteiger partial charge on any atom is -0.384 e. The van der Waals surface area contributed by atoms with Crippen molar-refractivity contribution >= 4 is 27.5 Å². The van der Waals surface area contributed by atoms with Crippen molar-refractivity contribution in [1.82, 2.24) is 9.78 Å². The van der Waals surface area contributed by atoms with E-state index in [2.05, 4.69) is 21.0 Å². The average Bonchev–Trinajstić information content (AvgIpc) is 2.85. The first-order valence-electron chi connectivity index (χ1n) is 7.23. The van der Waals surface area contributed by atoms with E-state index >= 15 is 0 Å². The predicted octanol–water partition coefficient (Wildman–Crippen LogP) is 4.99. The van der Waals surface area contributed by atoms with E-state index in [9.17, 15) is 5.11 Å². The molecule has 3 nitrogen and oxygen atoms in total. The molecule has 5 heteroatoms. The molecule has 118 valence electrons. The highest BCUT2D eigenvalue weighted by Crippen LogP contribution is 2.30. The van der Waals surface area contributed by atoms with Crippen LogP contribution in [0.25, 0.3) is 5.69 Å². The van der Waals surface area contributed by atoms with Gasteiger partial charge in [-0.25, -0.2) is 4.68 Å². The maximum Gasteiger partial charge on any atom is 0.108 e. The van der Waals surface area contributed by atoms with Gasteiger partial charge in [0.2, 0.25) is 0 Å². The predicted molar refractivity (Wildman–Crippen MR) is 96.3 cm³/mol. The van der Waals surface area contributed by atoms with Gasteiger partial charge in [0.1, 0.15) is 6.10 Å². The Bertz CT molecular complexity index is 846. The first kappa shape index (κ1) is 16.2. The number of hydrogen-bond acceptors (Lipinski definition) is 2. The van der Waals surface area contributed by atoms with Crippen molar-refractivity contribution in [2.75, 3.05) is 0 Å². The van der Waals surface area contributed by atoms with Gasteiger partial charge in [-0.15, -0.1) is 0 Å². The van der Waals surface area contributed by atoms with Crippen LogP contribution in [0.3, 0.4) is 0 Å². The number of rotatable bonds is 3. The topological polar surface area (TPSA) is 38.0 Å². The van der Waals surface area contributed by atoms with Crippen molar-refractivity contribution in [1.29, 1.82) is 0 Å². The van der Waals surface area contributed by atoms with E-state index in [0.29, 0.717) is 5.02 Å². The van der Waals surface area contributed by atoms with Gasteiger partial charge in [0, 0.05) is 15.7 Å². The molecular weight excluding hydrogens is 376 g/mol. The van der Waals surface area contributed by atoms with Gasteiger partial charge in [0.05, 0.1) is 16.4 Å². The summed E-state index contributed by atoms with van der Waals surface area (Å²) in [6, 6.07) is 15.3. The van der Waals surface area contributed by atoms with Crippen LogP contribution in [-0.4, -0.2) is 14.9 Å². The summed E-state index contributed by atoms with van der Waals surface area (Å²) >= 11 is 9.58. The van der Waals surface area contributed by atoms with Crippen LogP contribution in [0.1, 0.15) is 28.6 Å². The van der Waals surface area contributed by atoms with Crippen LogP contribution in [0.2, 0.25) is 5.02 Å². The van der Waals surface area contributed by atoms with Crippen LogP contribution >= 0.6 is 27.5 Å². The molecule has 0 aliphatic carbocycles. The van der Waals surface area contributed by atoms with Crippen LogP contribution in [0, 0.1) is 13.8 Å². The summed E-state index contributed by atoms with van der Waals surface area (Å²) in [5.74, 6) is 0. The quantitative estimate of drug-likeness (QED) is 0.683. The van der Waals surface area contributed by atoms with Crippen molar-refractivity contribution in [3.8, 4) is 5.69 Å². The van der Waals surface area contributed by atoms with Crippen molar-refractivity contribution < 1.29 is 5.11 Å². The third kappa shape index (κ3) is 3.07. The molecule has 0 saturated carbocycles. The fourth-order valence-electron chi connectivity index (χ4n) is 2.72. The second-order valence-electron chi connectivity index (χ2n) is 5.41. The van der Waals surface area contributed by atoms with Gasteiger partial charge in [-0.3, -0.25) is 0 Å². The third-order valence-electron chi connectivity index (χ3n) is 3.88. The van der Waals surface area contributed by atoms with Gasteiger partial charge in [-0.05, 0) is 53.5 Å². The molecule has 0 fully saturated rings. The van der Waals surface area contributed by atoms with Gasteiger partial charge in [0.15, 0.2) is 0 Å². The molecule has 0 bridgehead atoms. The summed E-state index contributed by atoms with van der Waals surface area (Å²) in [6.07, 6.45) is -0.698. The minimum atomic E-state index is -0.698. The Balaban J connectivity index is 2.08. The standard InChI is InChI=1S/C18H16BrClN2O/c1-11-17(18(23)13-6-4-3-5-7-13)12(2)22(21-11)14-8-9-15(19)16(20)10-14/h3-10,18,23H,1-2H3. The van der Waals surface area contributed by atoms with Gasteiger partial charge in [0.25, 0.3) is 0 Å². The van der Waals surface area contributed by atoms with E-state index in [1.165, 1.54) is 0 Å². The molecule has 2 aromatic carbocycles. The van der Waals surface area contributed by atoms with Gasteiger partial charge >= 0.3 is 0 Å². The summed E-state index contributed by atoms with van der Waals surface area (Å²) in [5.41, 5.74) is 4.25. The van der Waals surface area contributed by atoms with Crippen LogP contribution in [-0.2, 0) is 0 Å². The molecule has 23 heavy (non-hydrogen) atoms. The van der Waals surface area contributed by atoms with E-state index < -0.39 is 6.10 Å². The van der Waals surface area contributed by atoms with E-state index in [1.807, 2.05) is 67.1 Å². The fraction of sp³-hybridized carbons (Fsp3) is 0.167. The fourth-order valence-corrected chi connectivity index (χ4v) is 3.14. The average molecular weight is 392 g/mol. The Morgan fingerprint density at radius 2 is 1.83 bits per heavy atom. The maximum atomic E-state index is 10.7. The first-order chi connectivity index (χ1) is 11.0. The molecule has 0 saturated heterocycles. The zero-order chi connectivity index (χ0) is 16.6. The second kappa shape index (κ2) is 6.48. The molecule has 0 radical (unpaired) electrons. The van der Waals surface area contributed by atoms with Crippen LogP contribution in [0.4, 0.5) is 0 Å². The second-order valence-corrected chi connectivity index (χ2v) is 6.67. The molecule has 1 atom stereocenters. The summed E-state index contributed by atoms with van der Waals surface area (Å²) in [4.78, 5) is 0. The smallest absolute Gasteiger partial charge is 0.108 e. The van der Waals surface area contributed by atoms with Crippen molar-refractivity contribution in [3.05, 3.63) is 80.5 Å². The summed E-state index contributed by atoms with van der Waals surface area (Å²) in [7, 11) is 0. The molecule has 1 unspecified atom stereocenters. The molecule has 1 N–H and O–H groups in total. The Morgan fingerprint density at radius 3 is 2.48 bits per heavy atom. The molecule has 0 aliphatic rings. The number of aromatic nitrogens is 2. The lowest BCUT2D eigenvalue weighted by molar-refractivity contribution is 0.218. The third-order valence-corrected chi connectivity index (χ3v) is 5.12. The maximum absolute atomic E-state index is 10.7. The van der Waals surface area contributed by atoms with Crippen molar-refractivity contribution in [3.63, 3.8) is 0 Å². The van der Waals surface area contributed by atoms with Crippen molar-refractivity contribution in [2.45, 2.75) is 20.0 Å². The highest BCUT2D eigenvalue weighted by Gasteiger charge is 2.21. The SMILES string of the molecule is Cc1nn(-c2ccc(Br)c(Cl)c2)c(C)c1C(O)c1ccccc1. The van der Waals surface area contributed by atoms with Crippen LogP contribution < -0.4 is 0 Å². The minimum absolute atomic E-state index is 0.625. The summed E-state index contributed by atoms with van der Waals surface area (Å²) in [5, 5.41) is 15.9. The van der Waals surface area contributed by atoms with E-state index in [1.54, 1.807) is 0 Å². The number of aliphatic hydroxyl groups is 1. The van der Waals surface area contributed by atoms with E-state index in [-0.39, 0.29) is 0 Å². The zero-order valence-electron chi connectivity index (χ0n) is 12.8. The zero-order valence-corrected chi connectivity index (χ0v) is 15.1. The Morgan fingerprint density at radius 1 is 1.13 bits per heavy atom. The first-order valence-corrected chi connectivity index (χ1v) is 8.40. The molecule has 1 aromatic heterocycles. The van der Waals surface area contributed by atoms with Gasteiger partial charge < -0.3 is 5.11 Å². The molecular formula is C18H16BrClN2O. The van der Waals surface area contributed by atoms with Gasteiger partial charge in [-0.1, -0.05) is 41.9 Å². The lowest BCUT2D eigenvalue weighted by Crippen LogP contribution is -2.04. The number of benzene rings is 2. The molecule has 3 rings (SSSR count). The summed E-state index contributed by atoms with van der Waals surface area (Å²) in [6.45, 7) is 3.86. The highest BCUT2D eigenvalue weighted by atomic mass is 79.9. The normalized spacial score (nSPS) is 12.4. The molecule has 3 aromatic rings. The van der Waals surface area contributed by atoms with Crippen molar-refractivity contribution in [2.24, 2.45) is 0 Å². The number of nitrogens with zero attached hydrogens (tertiary/aromatic N) is 2. The number of aryl methyl sites for hydroxylation is 1. The van der Waals surface area contributed by atoms with E-state index in [0.717, 1.165) is 32.7 Å². The Hall–Kier alpha value is -1.62. The molecule has 0 amide bonds. The number of hydrogen-bond donors (Lipinski definition) is 1. The van der Waals surface area contributed by atoms with Gasteiger partial charge in [-0.2, -0.15) is 5.10 Å².